The van der Waals surface area contributed by atoms with Crippen LogP contribution in [0.2, 0.25) is 0 Å². The number of rotatable bonds is 8. The monoisotopic (exact) mass is 414 g/mol. The molecule has 0 aromatic heterocycles. The fourth-order valence-corrected chi connectivity index (χ4v) is 3.24. The van der Waals surface area contributed by atoms with Gasteiger partial charge in [-0.1, -0.05) is 6.07 Å². The van der Waals surface area contributed by atoms with Crippen LogP contribution in [0.5, 0.6) is 23.0 Å². The molecule has 0 saturated carbocycles. The SMILES string of the molecule is O=C(COc1ccc2c(c1)OCCO2)Nc1cccc(OCCN2CCOCC2)c1. The zero-order chi connectivity index (χ0) is 20.6. The molecule has 1 N–H and O–H groups in total. The number of amides is 1. The van der Waals surface area contributed by atoms with Crippen molar-refractivity contribution in [2.75, 3.05) is 64.6 Å². The number of nitrogens with zero attached hydrogens (tertiary/aromatic N) is 1. The molecule has 2 aromatic carbocycles. The van der Waals surface area contributed by atoms with Crippen LogP contribution in [0, 0.1) is 0 Å². The van der Waals surface area contributed by atoms with E-state index in [2.05, 4.69) is 10.2 Å². The number of ether oxygens (including phenoxy) is 5. The second kappa shape index (κ2) is 10.2. The predicted molar refractivity (Wildman–Crippen MR) is 111 cm³/mol. The van der Waals surface area contributed by atoms with E-state index < -0.39 is 0 Å². The van der Waals surface area contributed by atoms with Crippen LogP contribution in [0.4, 0.5) is 5.69 Å². The lowest BCUT2D eigenvalue weighted by Crippen LogP contribution is -2.38. The van der Waals surface area contributed by atoms with E-state index in [1.54, 1.807) is 24.3 Å². The first-order valence-electron chi connectivity index (χ1n) is 10.1. The van der Waals surface area contributed by atoms with Crippen molar-refractivity contribution < 1.29 is 28.5 Å². The van der Waals surface area contributed by atoms with Gasteiger partial charge in [0.2, 0.25) is 0 Å². The van der Waals surface area contributed by atoms with E-state index in [0.29, 0.717) is 48.5 Å². The summed E-state index contributed by atoms with van der Waals surface area (Å²) in [6, 6.07) is 12.6. The topological polar surface area (TPSA) is 78.5 Å². The summed E-state index contributed by atoms with van der Waals surface area (Å²) >= 11 is 0. The van der Waals surface area contributed by atoms with Gasteiger partial charge in [-0.3, -0.25) is 9.69 Å². The number of nitrogens with one attached hydrogen (secondary N) is 1. The average Bonchev–Trinajstić information content (AvgIpc) is 2.78. The maximum absolute atomic E-state index is 12.3. The molecular formula is C22H26N2O6. The first-order valence-corrected chi connectivity index (χ1v) is 10.1. The molecule has 0 radical (unpaired) electrons. The van der Waals surface area contributed by atoms with Gasteiger partial charge in [0.1, 0.15) is 31.3 Å². The molecule has 4 rings (SSSR count). The highest BCUT2D eigenvalue weighted by molar-refractivity contribution is 5.92. The summed E-state index contributed by atoms with van der Waals surface area (Å²) < 4.78 is 27.7. The summed E-state index contributed by atoms with van der Waals surface area (Å²) in [7, 11) is 0. The Balaban J connectivity index is 1.22. The summed E-state index contributed by atoms with van der Waals surface area (Å²) in [6.07, 6.45) is 0. The van der Waals surface area contributed by atoms with E-state index in [4.69, 9.17) is 23.7 Å². The molecule has 30 heavy (non-hydrogen) atoms. The van der Waals surface area contributed by atoms with E-state index in [1.165, 1.54) is 0 Å². The lowest BCUT2D eigenvalue weighted by molar-refractivity contribution is -0.118. The van der Waals surface area contributed by atoms with Gasteiger partial charge in [-0.2, -0.15) is 0 Å². The number of morpholine rings is 1. The second-order valence-electron chi connectivity index (χ2n) is 6.97. The number of hydrogen-bond donors (Lipinski definition) is 1. The molecular weight excluding hydrogens is 388 g/mol. The molecule has 2 heterocycles. The van der Waals surface area contributed by atoms with Gasteiger partial charge in [0.25, 0.3) is 5.91 Å². The van der Waals surface area contributed by atoms with Gasteiger partial charge in [-0.15, -0.1) is 0 Å². The summed E-state index contributed by atoms with van der Waals surface area (Å²) in [6.45, 7) is 5.78. The van der Waals surface area contributed by atoms with Gasteiger partial charge in [0, 0.05) is 37.5 Å². The van der Waals surface area contributed by atoms with Crippen LogP contribution in [0.3, 0.4) is 0 Å². The Hall–Kier alpha value is -2.97. The molecule has 1 fully saturated rings. The highest BCUT2D eigenvalue weighted by Gasteiger charge is 2.13. The van der Waals surface area contributed by atoms with Crippen LogP contribution in [0.15, 0.2) is 42.5 Å². The highest BCUT2D eigenvalue weighted by Crippen LogP contribution is 2.33. The predicted octanol–water partition coefficient (Wildman–Crippen LogP) is 2.19. The Labute approximate surface area is 175 Å². The third kappa shape index (κ3) is 5.77. The zero-order valence-corrected chi connectivity index (χ0v) is 16.8. The van der Waals surface area contributed by atoms with Gasteiger partial charge in [-0.25, -0.2) is 0 Å². The molecule has 2 aliphatic heterocycles. The molecule has 8 nitrogen and oxygen atoms in total. The zero-order valence-electron chi connectivity index (χ0n) is 16.8. The van der Waals surface area contributed by atoms with Gasteiger partial charge in [0.05, 0.1) is 13.2 Å². The average molecular weight is 414 g/mol. The smallest absolute Gasteiger partial charge is 0.262 e. The van der Waals surface area contributed by atoms with Gasteiger partial charge in [0.15, 0.2) is 18.1 Å². The minimum absolute atomic E-state index is 0.109. The third-order valence-corrected chi connectivity index (χ3v) is 4.78. The van der Waals surface area contributed by atoms with Crippen LogP contribution in [-0.4, -0.2) is 70.1 Å². The van der Waals surface area contributed by atoms with Gasteiger partial charge in [-0.05, 0) is 24.3 Å². The van der Waals surface area contributed by atoms with Crippen molar-refractivity contribution in [2.24, 2.45) is 0 Å². The number of carbonyl (C=O) groups excluding carboxylic acids is 1. The Morgan fingerprint density at radius 1 is 0.933 bits per heavy atom. The Bertz CT molecular complexity index is 853. The molecule has 2 aliphatic rings. The third-order valence-electron chi connectivity index (χ3n) is 4.78. The summed E-state index contributed by atoms with van der Waals surface area (Å²) in [5.74, 6) is 2.32. The number of carbonyl (C=O) groups is 1. The first kappa shape index (κ1) is 20.3. The van der Waals surface area contributed by atoms with Crippen molar-refractivity contribution >= 4 is 11.6 Å². The standard InChI is InChI=1S/C22H26N2O6/c25-22(16-30-19-4-5-20-21(15-19)29-13-12-28-20)23-17-2-1-3-18(14-17)27-11-8-24-6-9-26-10-7-24/h1-5,14-15H,6-13,16H2,(H,23,25). The molecule has 0 spiro atoms. The Morgan fingerprint density at radius 3 is 2.60 bits per heavy atom. The minimum atomic E-state index is -0.254. The summed E-state index contributed by atoms with van der Waals surface area (Å²) in [5, 5.41) is 2.83. The van der Waals surface area contributed by atoms with Crippen LogP contribution in [0.25, 0.3) is 0 Å². The van der Waals surface area contributed by atoms with Crippen LogP contribution < -0.4 is 24.3 Å². The van der Waals surface area contributed by atoms with Crippen LogP contribution in [0.1, 0.15) is 0 Å². The number of hydrogen-bond acceptors (Lipinski definition) is 7. The maximum atomic E-state index is 12.3. The number of benzene rings is 2. The maximum Gasteiger partial charge on any atom is 0.262 e. The lowest BCUT2D eigenvalue weighted by Gasteiger charge is -2.26. The van der Waals surface area contributed by atoms with Crippen molar-refractivity contribution in [3.05, 3.63) is 42.5 Å². The highest BCUT2D eigenvalue weighted by atomic mass is 16.6. The first-order chi connectivity index (χ1) is 14.8. The van der Waals surface area contributed by atoms with Gasteiger partial charge < -0.3 is 29.0 Å². The van der Waals surface area contributed by atoms with Crippen molar-refractivity contribution in [1.82, 2.24) is 4.90 Å². The van der Waals surface area contributed by atoms with Crippen molar-refractivity contribution in [1.29, 1.82) is 0 Å². The van der Waals surface area contributed by atoms with Crippen molar-refractivity contribution in [3.63, 3.8) is 0 Å². The van der Waals surface area contributed by atoms with Crippen molar-refractivity contribution in [2.45, 2.75) is 0 Å². The fourth-order valence-electron chi connectivity index (χ4n) is 3.24. The van der Waals surface area contributed by atoms with Crippen LogP contribution >= 0.6 is 0 Å². The van der Waals surface area contributed by atoms with E-state index in [1.807, 2.05) is 18.2 Å². The molecule has 1 saturated heterocycles. The minimum Gasteiger partial charge on any atom is -0.492 e. The fraction of sp³-hybridized carbons (Fsp3) is 0.409. The molecule has 0 bridgehead atoms. The van der Waals surface area contributed by atoms with E-state index >= 15 is 0 Å². The Kier molecular flexibility index (Phi) is 6.89. The molecule has 8 heteroatoms. The summed E-state index contributed by atoms with van der Waals surface area (Å²) in [5.41, 5.74) is 0.662. The quantitative estimate of drug-likeness (QED) is 0.709. The van der Waals surface area contributed by atoms with Crippen molar-refractivity contribution in [3.8, 4) is 23.0 Å². The largest absolute Gasteiger partial charge is 0.492 e. The molecule has 1 amide bonds. The number of anilines is 1. The molecule has 0 unspecified atom stereocenters. The van der Waals surface area contributed by atoms with E-state index in [-0.39, 0.29) is 12.5 Å². The second-order valence-corrected chi connectivity index (χ2v) is 6.97. The molecule has 0 atom stereocenters. The normalized spacial score (nSPS) is 16.0. The summed E-state index contributed by atoms with van der Waals surface area (Å²) in [4.78, 5) is 14.6. The van der Waals surface area contributed by atoms with Gasteiger partial charge >= 0.3 is 0 Å². The number of fused-ring (bicyclic) bond motifs is 1. The molecule has 0 aliphatic carbocycles. The lowest BCUT2D eigenvalue weighted by atomic mass is 10.3. The van der Waals surface area contributed by atoms with Crippen LogP contribution in [-0.2, 0) is 9.53 Å². The van der Waals surface area contributed by atoms with E-state index in [9.17, 15) is 4.79 Å². The Morgan fingerprint density at radius 2 is 1.73 bits per heavy atom. The molecule has 160 valence electrons. The molecule has 2 aromatic rings. The van der Waals surface area contributed by atoms with E-state index in [0.717, 1.165) is 32.8 Å².